The molecule has 0 heterocycles. The summed E-state index contributed by atoms with van der Waals surface area (Å²) in [6.45, 7) is 3.06. The van der Waals surface area contributed by atoms with E-state index < -0.39 is 34.0 Å². The van der Waals surface area contributed by atoms with Gasteiger partial charge in [-0.1, -0.05) is 35.9 Å². The Kier molecular flexibility index (Phi) is 5.59. The summed E-state index contributed by atoms with van der Waals surface area (Å²) in [5.41, 5.74) is 1.21. The van der Waals surface area contributed by atoms with Crippen LogP contribution in [0.5, 0.6) is 0 Å². The van der Waals surface area contributed by atoms with Gasteiger partial charge in [0, 0.05) is 15.5 Å². The van der Waals surface area contributed by atoms with Crippen LogP contribution in [-0.4, -0.2) is 17.4 Å². The molecule has 0 saturated carbocycles. The standard InChI is InChI=1S/C17H12ClF7S/c1-9-7-10(2)14(11-5-3-4-6-12(11)18)13(8-9)26-17(24,25)15(19,20)16(21,22)23/h3-8H,1-2H3. The van der Waals surface area contributed by atoms with Crippen molar-refractivity contribution in [3.05, 3.63) is 52.5 Å². The molecule has 0 spiro atoms. The number of thioether (sulfide) groups is 1. The molecule has 0 amide bonds. The van der Waals surface area contributed by atoms with Crippen molar-refractivity contribution in [2.45, 2.75) is 36.1 Å². The van der Waals surface area contributed by atoms with E-state index in [0.717, 1.165) is 6.07 Å². The Balaban J connectivity index is 2.63. The summed E-state index contributed by atoms with van der Waals surface area (Å²) in [5, 5.41) is -5.24. The Morgan fingerprint density at radius 3 is 2.00 bits per heavy atom. The van der Waals surface area contributed by atoms with Crippen molar-refractivity contribution in [1.82, 2.24) is 0 Å². The van der Waals surface area contributed by atoms with Crippen LogP contribution in [0.4, 0.5) is 30.7 Å². The van der Waals surface area contributed by atoms with Gasteiger partial charge < -0.3 is 0 Å². The number of rotatable bonds is 4. The molecule has 0 aliphatic heterocycles. The third kappa shape index (κ3) is 3.81. The van der Waals surface area contributed by atoms with E-state index in [4.69, 9.17) is 11.6 Å². The first-order chi connectivity index (χ1) is 11.8. The van der Waals surface area contributed by atoms with Crippen molar-refractivity contribution in [2.75, 3.05) is 0 Å². The molecule has 2 aromatic carbocycles. The summed E-state index contributed by atoms with van der Waals surface area (Å²) in [6, 6.07) is 8.81. The van der Waals surface area contributed by atoms with Gasteiger partial charge in [0.2, 0.25) is 0 Å². The number of hydrogen-bond acceptors (Lipinski definition) is 1. The van der Waals surface area contributed by atoms with Gasteiger partial charge in [0.25, 0.3) is 0 Å². The zero-order valence-corrected chi connectivity index (χ0v) is 15.0. The van der Waals surface area contributed by atoms with E-state index in [1.165, 1.54) is 26.0 Å². The van der Waals surface area contributed by atoms with Crippen LogP contribution in [0.15, 0.2) is 41.3 Å². The molecule has 0 aliphatic rings. The number of alkyl halides is 7. The minimum absolute atomic E-state index is 0.0869. The largest absolute Gasteiger partial charge is 0.460 e. The molecule has 2 aromatic rings. The zero-order chi connectivity index (χ0) is 19.9. The van der Waals surface area contributed by atoms with Crippen molar-refractivity contribution in [3.8, 4) is 11.1 Å². The maximum atomic E-state index is 13.9. The molecule has 0 fully saturated rings. The predicted octanol–water partition coefficient (Wildman–Crippen LogP) is 7.51. The average Bonchev–Trinajstić information content (AvgIpc) is 2.46. The van der Waals surface area contributed by atoms with Crippen molar-refractivity contribution in [1.29, 1.82) is 0 Å². The van der Waals surface area contributed by atoms with Gasteiger partial charge in [-0.05, 0) is 54.4 Å². The minimum Gasteiger partial charge on any atom is -0.188 e. The van der Waals surface area contributed by atoms with Crippen molar-refractivity contribution < 1.29 is 30.7 Å². The maximum absolute atomic E-state index is 13.9. The summed E-state index contributed by atoms with van der Waals surface area (Å²) in [6.07, 6.45) is -6.38. The monoisotopic (exact) mass is 416 g/mol. The summed E-state index contributed by atoms with van der Waals surface area (Å²) < 4.78 is 91.6. The fourth-order valence-corrected chi connectivity index (χ4v) is 3.75. The fraction of sp³-hybridized carbons (Fsp3) is 0.294. The molecule has 0 nitrogen and oxygen atoms in total. The molecule has 0 unspecified atom stereocenters. The Labute approximate surface area is 154 Å². The SMILES string of the molecule is Cc1cc(C)c(-c2ccccc2Cl)c(SC(F)(F)C(F)(F)C(F)(F)F)c1. The number of benzene rings is 2. The second kappa shape index (κ2) is 6.96. The number of aryl methyl sites for hydroxylation is 2. The maximum Gasteiger partial charge on any atom is 0.460 e. The van der Waals surface area contributed by atoms with Gasteiger partial charge in [0.05, 0.1) is 0 Å². The van der Waals surface area contributed by atoms with E-state index in [1.807, 2.05) is 0 Å². The molecule has 0 aromatic heterocycles. The van der Waals surface area contributed by atoms with E-state index in [1.54, 1.807) is 18.2 Å². The van der Waals surface area contributed by atoms with Gasteiger partial charge in [-0.2, -0.15) is 30.7 Å². The van der Waals surface area contributed by atoms with Gasteiger partial charge in [0.1, 0.15) is 0 Å². The van der Waals surface area contributed by atoms with Crippen LogP contribution < -0.4 is 0 Å². The number of halogens is 8. The van der Waals surface area contributed by atoms with Gasteiger partial charge in [-0.25, -0.2) is 0 Å². The summed E-state index contributed by atoms with van der Waals surface area (Å²) >= 11 is 5.23. The molecule has 0 atom stereocenters. The smallest absolute Gasteiger partial charge is 0.188 e. The topological polar surface area (TPSA) is 0 Å². The van der Waals surface area contributed by atoms with E-state index in [0.29, 0.717) is 11.1 Å². The van der Waals surface area contributed by atoms with Crippen LogP contribution in [-0.2, 0) is 0 Å². The third-order valence-corrected chi connectivity index (χ3v) is 4.93. The lowest BCUT2D eigenvalue weighted by Gasteiger charge is -2.28. The zero-order valence-electron chi connectivity index (χ0n) is 13.4. The lowest BCUT2D eigenvalue weighted by Crippen LogP contribution is -2.49. The molecule has 142 valence electrons. The lowest BCUT2D eigenvalue weighted by molar-refractivity contribution is -0.330. The van der Waals surface area contributed by atoms with E-state index in [2.05, 4.69) is 0 Å². The van der Waals surface area contributed by atoms with Crippen molar-refractivity contribution in [2.24, 2.45) is 0 Å². The Hall–Kier alpha value is -1.41. The molecule has 0 saturated heterocycles. The Morgan fingerprint density at radius 1 is 0.885 bits per heavy atom. The predicted molar refractivity (Wildman–Crippen MR) is 88.2 cm³/mol. The van der Waals surface area contributed by atoms with Gasteiger partial charge in [0.15, 0.2) is 0 Å². The highest BCUT2D eigenvalue weighted by Gasteiger charge is 2.73. The molecule has 0 aliphatic carbocycles. The summed E-state index contributed by atoms with van der Waals surface area (Å²) in [4.78, 5) is -0.412. The quantitative estimate of drug-likeness (QED) is 0.367. The number of hydrogen-bond donors (Lipinski definition) is 0. The second-order valence-electron chi connectivity index (χ2n) is 5.63. The third-order valence-electron chi connectivity index (χ3n) is 3.55. The van der Waals surface area contributed by atoms with Gasteiger partial charge >= 0.3 is 17.4 Å². The molecule has 2 rings (SSSR count). The summed E-state index contributed by atoms with van der Waals surface area (Å²) in [7, 11) is 0. The molecular weight excluding hydrogens is 405 g/mol. The van der Waals surface area contributed by atoms with Crippen LogP contribution >= 0.6 is 23.4 Å². The van der Waals surface area contributed by atoms with Crippen LogP contribution in [0.3, 0.4) is 0 Å². The van der Waals surface area contributed by atoms with Crippen molar-refractivity contribution >= 4 is 23.4 Å². The molecule has 0 bridgehead atoms. The van der Waals surface area contributed by atoms with Gasteiger partial charge in [-0.3, -0.25) is 0 Å². The first-order valence-corrected chi connectivity index (χ1v) is 8.35. The fourth-order valence-electron chi connectivity index (χ4n) is 2.39. The highest BCUT2D eigenvalue weighted by Crippen LogP contribution is 2.55. The second-order valence-corrected chi connectivity index (χ2v) is 7.19. The molecule has 0 radical (unpaired) electrons. The van der Waals surface area contributed by atoms with Crippen LogP contribution in [0.25, 0.3) is 11.1 Å². The molecule has 26 heavy (non-hydrogen) atoms. The average molecular weight is 417 g/mol. The lowest BCUT2D eigenvalue weighted by atomic mass is 9.98. The minimum atomic E-state index is -6.38. The Bertz CT molecular complexity index is 815. The Morgan fingerprint density at radius 2 is 1.46 bits per heavy atom. The first kappa shape index (κ1) is 20.9. The first-order valence-electron chi connectivity index (χ1n) is 7.15. The van der Waals surface area contributed by atoms with E-state index in [-0.39, 0.29) is 16.1 Å². The van der Waals surface area contributed by atoms with Crippen LogP contribution in [0.2, 0.25) is 5.02 Å². The van der Waals surface area contributed by atoms with E-state index >= 15 is 0 Å². The van der Waals surface area contributed by atoms with E-state index in [9.17, 15) is 30.7 Å². The normalized spacial score (nSPS) is 13.2. The van der Waals surface area contributed by atoms with Crippen LogP contribution in [0, 0.1) is 13.8 Å². The summed E-state index contributed by atoms with van der Waals surface area (Å²) in [5.74, 6) is -6.19. The molecule has 9 heteroatoms. The van der Waals surface area contributed by atoms with Gasteiger partial charge in [-0.15, -0.1) is 0 Å². The molecular formula is C17H12ClF7S. The van der Waals surface area contributed by atoms with Crippen molar-refractivity contribution in [3.63, 3.8) is 0 Å². The highest BCUT2D eigenvalue weighted by atomic mass is 35.5. The van der Waals surface area contributed by atoms with Crippen LogP contribution in [0.1, 0.15) is 11.1 Å². The molecule has 0 N–H and O–H groups in total. The highest BCUT2D eigenvalue weighted by molar-refractivity contribution is 8.00.